The summed E-state index contributed by atoms with van der Waals surface area (Å²) in [5.74, 6) is 1.04. The van der Waals surface area contributed by atoms with E-state index >= 15 is 0 Å². The number of hydrogen-bond donors (Lipinski definition) is 0. The van der Waals surface area contributed by atoms with Gasteiger partial charge in [0, 0.05) is 5.54 Å². The summed E-state index contributed by atoms with van der Waals surface area (Å²) in [5, 5.41) is 0. The van der Waals surface area contributed by atoms with Crippen molar-refractivity contribution in [2.45, 2.75) is 31.6 Å². The average molecular weight is 394 g/mol. The fourth-order valence-electron chi connectivity index (χ4n) is 3.37. The summed E-state index contributed by atoms with van der Waals surface area (Å²) >= 11 is 8.87. The Labute approximate surface area is 150 Å². The van der Waals surface area contributed by atoms with Gasteiger partial charge in [0.15, 0.2) is 0 Å². The minimum absolute atomic E-state index is 0.225. The summed E-state index contributed by atoms with van der Waals surface area (Å²) in [5.41, 5.74) is 5.00. The molecule has 0 aromatic heterocycles. The third-order valence-corrected chi connectivity index (χ3v) is 5.54. The highest BCUT2D eigenvalue weighted by Crippen LogP contribution is 2.37. The second-order valence-electron chi connectivity index (χ2n) is 6.18. The van der Waals surface area contributed by atoms with Crippen LogP contribution >= 0.6 is 27.5 Å². The first-order valence-corrected chi connectivity index (χ1v) is 9.22. The lowest BCUT2D eigenvalue weighted by Gasteiger charge is -2.27. The molecule has 23 heavy (non-hydrogen) atoms. The molecule has 2 aromatic rings. The molecule has 0 N–H and O–H groups in total. The van der Waals surface area contributed by atoms with Crippen molar-refractivity contribution < 1.29 is 4.39 Å². The number of benzene rings is 2. The molecule has 0 atom stereocenters. The molecule has 1 fully saturated rings. The van der Waals surface area contributed by atoms with Crippen LogP contribution in [0.4, 0.5) is 4.39 Å². The highest BCUT2D eigenvalue weighted by molar-refractivity contribution is 9.10. The smallest absolute Gasteiger partial charge is 0.137 e. The minimum Gasteiger partial charge on any atom is -0.206 e. The predicted molar refractivity (Wildman–Crippen MR) is 99.2 cm³/mol. The normalized spacial score (nSPS) is 21.7. The molecule has 0 spiro atoms. The van der Waals surface area contributed by atoms with E-state index in [9.17, 15) is 4.39 Å². The molecular formula is C20H19BrClF. The van der Waals surface area contributed by atoms with Crippen LogP contribution in [0.2, 0.25) is 0 Å². The Bertz CT molecular complexity index is 685. The van der Waals surface area contributed by atoms with Crippen LogP contribution in [0.5, 0.6) is 0 Å². The molecule has 3 rings (SSSR count). The molecule has 0 radical (unpaired) electrons. The van der Waals surface area contributed by atoms with Crippen molar-refractivity contribution in [1.82, 2.24) is 0 Å². The van der Waals surface area contributed by atoms with Crippen molar-refractivity contribution in [2.24, 2.45) is 5.92 Å². The Morgan fingerprint density at radius 2 is 1.61 bits per heavy atom. The molecule has 1 aliphatic rings. The van der Waals surface area contributed by atoms with Gasteiger partial charge in [-0.15, -0.1) is 0 Å². The van der Waals surface area contributed by atoms with Gasteiger partial charge >= 0.3 is 0 Å². The van der Waals surface area contributed by atoms with Crippen molar-refractivity contribution in [3.05, 3.63) is 69.9 Å². The zero-order valence-corrected chi connectivity index (χ0v) is 15.2. The van der Waals surface area contributed by atoms with Crippen LogP contribution in [0, 0.1) is 11.7 Å². The molecule has 120 valence electrons. The van der Waals surface area contributed by atoms with Crippen LogP contribution in [-0.2, 0) is 0 Å². The highest BCUT2D eigenvalue weighted by Gasteiger charge is 2.20. The van der Waals surface area contributed by atoms with E-state index in [4.69, 9.17) is 11.6 Å². The highest BCUT2D eigenvalue weighted by atomic mass is 79.9. The van der Waals surface area contributed by atoms with Gasteiger partial charge in [0.05, 0.1) is 4.47 Å². The minimum atomic E-state index is -0.225. The van der Waals surface area contributed by atoms with Gasteiger partial charge < -0.3 is 0 Å². The zero-order chi connectivity index (χ0) is 16.2. The number of allylic oxidation sites excluding steroid dienone is 1. The van der Waals surface area contributed by atoms with E-state index in [2.05, 4.69) is 46.3 Å². The van der Waals surface area contributed by atoms with E-state index in [-0.39, 0.29) is 5.82 Å². The topological polar surface area (TPSA) is 0 Å². The first-order valence-electron chi connectivity index (χ1n) is 7.99. The standard InChI is InChI=1S/C20H19BrClF/c21-19-10-9-18(13-20(19)23)17-7-5-16(6-8-17)15-3-1-14(2-4-15)11-12-22/h5-15H,1-4H2. The Balaban J connectivity index is 1.71. The molecule has 0 unspecified atom stereocenters. The average Bonchev–Trinajstić information content (AvgIpc) is 2.59. The van der Waals surface area contributed by atoms with Crippen LogP contribution in [0.1, 0.15) is 37.2 Å². The van der Waals surface area contributed by atoms with Crippen LogP contribution in [0.3, 0.4) is 0 Å². The van der Waals surface area contributed by atoms with E-state index in [1.54, 1.807) is 17.7 Å². The SMILES string of the molecule is Fc1cc(-c2ccc(C3CCC(C=CCl)CC3)cc2)ccc1Br. The fourth-order valence-corrected chi connectivity index (χ4v) is 3.82. The molecule has 0 aliphatic heterocycles. The molecule has 3 heteroatoms. The van der Waals surface area contributed by atoms with Crippen molar-refractivity contribution in [1.29, 1.82) is 0 Å². The largest absolute Gasteiger partial charge is 0.206 e. The first-order chi connectivity index (χ1) is 11.2. The molecule has 1 saturated carbocycles. The van der Waals surface area contributed by atoms with Gasteiger partial charge in [-0.05, 0) is 82.3 Å². The molecular weight excluding hydrogens is 375 g/mol. The van der Waals surface area contributed by atoms with Gasteiger partial charge in [-0.25, -0.2) is 4.39 Å². The van der Waals surface area contributed by atoms with E-state index in [0.717, 1.165) is 11.1 Å². The monoisotopic (exact) mass is 392 g/mol. The van der Waals surface area contributed by atoms with Gasteiger partial charge in [0.2, 0.25) is 0 Å². The Morgan fingerprint density at radius 3 is 2.22 bits per heavy atom. The van der Waals surface area contributed by atoms with Crippen LogP contribution < -0.4 is 0 Å². The molecule has 0 heterocycles. The Kier molecular flexibility index (Phi) is 5.55. The van der Waals surface area contributed by atoms with E-state index in [1.807, 2.05) is 6.07 Å². The van der Waals surface area contributed by atoms with Crippen molar-refractivity contribution in [2.75, 3.05) is 0 Å². The van der Waals surface area contributed by atoms with Gasteiger partial charge in [-0.3, -0.25) is 0 Å². The lowest BCUT2D eigenvalue weighted by molar-refractivity contribution is 0.376. The number of hydrogen-bond acceptors (Lipinski definition) is 0. The maximum atomic E-state index is 13.7. The lowest BCUT2D eigenvalue weighted by atomic mass is 9.78. The predicted octanol–water partition coefficient (Wildman–Crippen LogP) is 7.28. The summed E-state index contributed by atoms with van der Waals surface area (Å²) in [6.45, 7) is 0. The third kappa shape index (κ3) is 4.05. The Morgan fingerprint density at radius 1 is 0.957 bits per heavy atom. The van der Waals surface area contributed by atoms with E-state index < -0.39 is 0 Å². The van der Waals surface area contributed by atoms with Crippen molar-refractivity contribution in [3.8, 4) is 11.1 Å². The first kappa shape index (κ1) is 16.7. The second-order valence-corrected chi connectivity index (χ2v) is 7.29. The van der Waals surface area contributed by atoms with Crippen LogP contribution in [-0.4, -0.2) is 0 Å². The van der Waals surface area contributed by atoms with E-state index in [0.29, 0.717) is 16.3 Å². The maximum absolute atomic E-state index is 13.7. The summed E-state index contributed by atoms with van der Waals surface area (Å²) in [7, 11) is 0. The third-order valence-electron chi connectivity index (χ3n) is 4.75. The number of halogens is 3. The van der Waals surface area contributed by atoms with Gasteiger partial charge in [-0.1, -0.05) is 48.0 Å². The van der Waals surface area contributed by atoms with Gasteiger partial charge in [-0.2, -0.15) is 0 Å². The van der Waals surface area contributed by atoms with Crippen LogP contribution in [0.25, 0.3) is 11.1 Å². The van der Waals surface area contributed by atoms with Gasteiger partial charge in [0.1, 0.15) is 5.82 Å². The molecule has 0 nitrogen and oxygen atoms in total. The fraction of sp³-hybridized carbons (Fsp3) is 0.300. The molecule has 0 amide bonds. The molecule has 0 saturated heterocycles. The van der Waals surface area contributed by atoms with Crippen molar-refractivity contribution in [3.63, 3.8) is 0 Å². The summed E-state index contributed by atoms with van der Waals surface area (Å²) in [6.07, 6.45) is 6.93. The summed E-state index contributed by atoms with van der Waals surface area (Å²) in [4.78, 5) is 0. The van der Waals surface area contributed by atoms with Crippen LogP contribution in [0.15, 0.2) is 58.5 Å². The lowest BCUT2D eigenvalue weighted by Crippen LogP contribution is -2.11. The second kappa shape index (κ2) is 7.63. The molecule has 0 bridgehead atoms. The molecule has 1 aliphatic carbocycles. The summed E-state index contributed by atoms with van der Waals surface area (Å²) < 4.78 is 14.2. The maximum Gasteiger partial charge on any atom is 0.137 e. The van der Waals surface area contributed by atoms with Crippen molar-refractivity contribution >= 4 is 27.5 Å². The summed E-state index contributed by atoms with van der Waals surface area (Å²) in [6, 6.07) is 13.8. The molecule has 2 aromatic carbocycles. The zero-order valence-electron chi connectivity index (χ0n) is 12.8. The number of rotatable bonds is 3. The van der Waals surface area contributed by atoms with Gasteiger partial charge in [0.25, 0.3) is 0 Å². The quantitative estimate of drug-likeness (QED) is 0.514. The van der Waals surface area contributed by atoms with E-state index in [1.165, 1.54) is 31.2 Å². The Hall–Kier alpha value is -1.12.